The van der Waals surface area contributed by atoms with E-state index in [0.29, 0.717) is 13.1 Å². The number of carbonyl (C=O) groups excluding carboxylic acids is 1. The number of benzene rings is 1. The molecule has 23 heavy (non-hydrogen) atoms. The number of carbonyl (C=O) groups is 1. The van der Waals surface area contributed by atoms with Crippen molar-refractivity contribution < 1.29 is 9.90 Å². The van der Waals surface area contributed by atoms with Crippen molar-refractivity contribution in [3.05, 3.63) is 35.4 Å². The maximum absolute atomic E-state index is 12.3. The van der Waals surface area contributed by atoms with Crippen molar-refractivity contribution in [3.8, 4) is 0 Å². The van der Waals surface area contributed by atoms with Crippen molar-refractivity contribution in [1.29, 1.82) is 0 Å². The molecule has 0 aromatic heterocycles. The van der Waals surface area contributed by atoms with Crippen molar-refractivity contribution in [2.75, 3.05) is 27.2 Å². The van der Waals surface area contributed by atoms with Gasteiger partial charge in [0.1, 0.15) is 0 Å². The van der Waals surface area contributed by atoms with E-state index in [1.165, 1.54) is 5.56 Å². The van der Waals surface area contributed by atoms with Crippen LogP contribution in [0.25, 0.3) is 0 Å². The summed E-state index contributed by atoms with van der Waals surface area (Å²) in [5.41, 5.74) is 2.36. The predicted octanol–water partition coefficient (Wildman–Crippen LogP) is 2.05. The van der Waals surface area contributed by atoms with Gasteiger partial charge in [-0.1, -0.05) is 24.3 Å². The van der Waals surface area contributed by atoms with Gasteiger partial charge in [0.25, 0.3) is 0 Å². The number of aliphatic hydroxyl groups is 1. The zero-order valence-corrected chi connectivity index (χ0v) is 14.5. The molecular weight excluding hydrogens is 290 g/mol. The minimum atomic E-state index is -0.353. The quantitative estimate of drug-likeness (QED) is 0.873. The second-order valence-electron chi connectivity index (χ2n) is 6.81. The van der Waals surface area contributed by atoms with E-state index in [0.717, 1.165) is 31.5 Å². The average molecular weight is 319 g/mol. The van der Waals surface area contributed by atoms with Crippen LogP contribution in [-0.2, 0) is 13.1 Å². The van der Waals surface area contributed by atoms with Gasteiger partial charge in [-0.2, -0.15) is 0 Å². The Morgan fingerprint density at radius 2 is 2.17 bits per heavy atom. The van der Waals surface area contributed by atoms with Crippen LogP contribution in [0.3, 0.4) is 0 Å². The molecule has 1 aliphatic rings. The van der Waals surface area contributed by atoms with Crippen LogP contribution >= 0.6 is 0 Å². The number of nitrogens with zero attached hydrogens (tertiary/aromatic N) is 2. The number of aliphatic hydroxyl groups excluding tert-OH is 1. The summed E-state index contributed by atoms with van der Waals surface area (Å²) in [4.78, 5) is 16.3. The Balaban J connectivity index is 1.86. The van der Waals surface area contributed by atoms with Crippen LogP contribution in [0.5, 0.6) is 0 Å². The van der Waals surface area contributed by atoms with E-state index in [1.54, 1.807) is 0 Å². The molecule has 2 N–H and O–H groups in total. The molecule has 1 saturated heterocycles. The van der Waals surface area contributed by atoms with Gasteiger partial charge in [0.2, 0.25) is 0 Å². The van der Waals surface area contributed by atoms with Gasteiger partial charge in [0.05, 0.1) is 6.10 Å². The lowest BCUT2D eigenvalue weighted by Gasteiger charge is -2.34. The molecule has 128 valence electrons. The fourth-order valence-corrected chi connectivity index (χ4v) is 3.08. The maximum Gasteiger partial charge on any atom is 0.317 e. The van der Waals surface area contributed by atoms with Crippen molar-refractivity contribution in [1.82, 2.24) is 15.1 Å². The zero-order chi connectivity index (χ0) is 16.8. The zero-order valence-electron chi connectivity index (χ0n) is 14.5. The monoisotopic (exact) mass is 319 g/mol. The molecule has 5 nitrogen and oxygen atoms in total. The molecule has 5 heteroatoms. The van der Waals surface area contributed by atoms with Crippen molar-refractivity contribution in [2.24, 2.45) is 5.92 Å². The van der Waals surface area contributed by atoms with Crippen LogP contribution in [0.2, 0.25) is 0 Å². The summed E-state index contributed by atoms with van der Waals surface area (Å²) in [6, 6.07) is 8.27. The van der Waals surface area contributed by atoms with Crippen LogP contribution in [0.15, 0.2) is 24.3 Å². The lowest BCUT2D eigenvalue weighted by Crippen LogP contribution is -2.47. The molecule has 1 aromatic carbocycles. The summed E-state index contributed by atoms with van der Waals surface area (Å²) in [7, 11) is 4.09. The van der Waals surface area contributed by atoms with Gasteiger partial charge in [0, 0.05) is 32.1 Å². The van der Waals surface area contributed by atoms with E-state index >= 15 is 0 Å². The highest BCUT2D eigenvalue weighted by molar-refractivity contribution is 5.74. The molecule has 2 unspecified atom stereocenters. The number of hydrogen-bond acceptors (Lipinski definition) is 3. The first-order valence-corrected chi connectivity index (χ1v) is 8.39. The number of piperidine rings is 1. The van der Waals surface area contributed by atoms with E-state index in [9.17, 15) is 9.90 Å². The number of amides is 2. The summed E-state index contributed by atoms with van der Waals surface area (Å²) in [5.74, 6) is 0.193. The highest BCUT2D eigenvalue weighted by Gasteiger charge is 2.26. The molecular formula is C18H29N3O2. The fraction of sp³-hybridized carbons (Fsp3) is 0.611. The summed E-state index contributed by atoms with van der Waals surface area (Å²) in [6.45, 7) is 4.65. The van der Waals surface area contributed by atoms with Crippen LogP contribution in [0.4, 0.5) is 4.79 Å². The topological polar surface area (TPSA) is 55.8 Å². The maximum atomic E-state index is 12.3. The molecule has 0 radical (unpaired) electrons. The molecule has 0 saturated carbocycles. The van der Waals surface area contributed by atoms with Crippen molar-refractivity contribution in [2.45, 2.75) is 39.0 Å². The van der Waals surface area contributed by atoms with Crippen molar-refractivity contribution >= 4 is 6.03 Å². The molecule has 1 fully saturated rings. The second kappa shape index (κ2) is 8.31. The molecule has 2 atom stereocenters. The van der Waals surface area contributed by atoms with Crippen LogP contribution in [-0.4, -0.2) is 54.2 Å². The second-order valence-corrected chi connectivity index (χ2v) is 6.81. The van der Waals surface area contributed by atoms with E-state index in [-0.39, 0.29) is 18.1 Å². The average Bonchev–Trinajstić information content (AvgIpc) is 2.52. The molecule has 0 aliphatic carbocycles. The molecule has 0 spiro atoms. The van der Waals surface area contributed by atoms with Gasteiger partial charge in [-0.05, 0) is 45.0 Å². The number of likely N-dealkylation sites (tertiary alicyclic amines) is 1. The lowest BCUT2D eigenvalue weighted by atomic mass is 9.94. The first-order valence-electron chi connectivity index (χ1n) is 8.39. The summed E-state index contributed by atoms with van der Waals surface area (Å²) in [5, 5.41) is 12.7. The predicted molar refractivity (Wildman–Crippen MR) is 92.0 cm³/mol. The Hall–Kier alpha value is -1.59. The van der Waals surface area contributed by atoms with Gasteiger partial charge in [-0.15, -0.1) is 0 Å². The van der Waals surface area contributed by atoms with E-state index in [1.807, 2.05) is 38.1 Å². The first kappa shape index (κ1) is 17.8. The molecule has 0 bridgehead atoms. The molecule has 1 aromatic rings. The minimum absolute atomic E-state index is 0.0339. The summed E-state index contributed by atoms with van der Waals surface area (Å²) < 4.78 is 0. The third-order valence-electron chi connectivity index (χ3n) is 4.36. The number of hydrogen-bond donors (Lipinski definition) is 2. The summed E-state index contributed by atoms with van der Waals surface area (Å²) >= 11 is 0. The number of urea groups is 1. The third kappa shape index (κ3) is 5.52. The molecule has 1 aliphatic heterocycles. The Labute approximate surface area is 139 Å². The smallest absolute Gasteiger partial charge is 0.317 e. The summed E-state index contributed by atoms with van der Waals surface area (Å²) in [6.07, 6.45) is 1.60. The van der Waals surface area contributed by atoms with Gasteiger partial charge >= 0.3 is 6.03 Å². The van der Waals surface area contributed by atoms with Crippen LogP contribution in [0.1, 0.15) is 30.9 Å². The minimum Gasteiger partial charge on any atom is -0.393 e. The highest BCUT2D eigenvalue weighted by Crippen LogP contribution is 2.19. The highest BCUT2D eigenvalue weighted by atomic mass is 16.3. The first-order chi connectivity index (χ1) is 11.0. The van der Waals surface area contributed by atoms with E-state index in [4.69, 9.17) is 0 Å². The van der Waals surface area contributed by atoms with Gasteiger partial charge in [-0.3, -0.25) is 0 Å². The normalized spacial score (nSPS) is 19.7. The Bertz CT molecular complexity index is 517. The number of nitrogens with one attached hydrogen (secondary N) is 1. The lowest BCUT2D eigenvalue weighted by molar-refractivity contribution is 0.0738. The Morgan fingerprint density at radius 3 is 2.87 bits per heavy atom. The van der Waals surface area contributed by atoms with E-state index < -0.39 is 0 Å². The number of rotatable bonds is 5. The van der Waals surface area contributed by atoms with E-state index in [2.05, 4.69) is 22.3 Å². The van der Waals surface area contributed by atoms with Gasteiger partial charge < -0.3 is 20.2 Å². The largest absolute Gasteiger partial charge is 0.393 e. The third-order valence-corrected chi connectivity index (χ3v) is 4.36. The molecule has 2 amide bonds. The van der Waals surface area contributed by atoms with Crippen LogP contribution < -0.4 is 5.32 Å². The Morgan fingerprint density at radius 1 is 1.43 bits per heavy atom. The fourth-order valence-electron chi connectivity index (χ4n) is 3.08. The molecule has 1 heterocycles. The van der Waals surface area contributed by atoms with Crippen LogP contribution in [0, 0.1) is 5.92 Å². The molecule has 2 rings (SSSR count). The van der Waals surface area contributed by atoms with Gasteiger partial charge in [0.15, 0.2) is 0 Å². The Kier molecular flexibility index (Phi) is 6.42. The SMILES string of the molecule is CC(O)C1CCCN(C(=O)NCc2cccc(CN(C)C)c2)C1. The standard InChI is InChI=1S/C18H29N3O2/c1-14(22)17-8-5-9-21(13-17)18(23)19-11-15-6-4-7-16(10-15)12-20(2)3/h4,6-7,10,14,17,22H,5,8-9,11-13H2,1-3H3,(H,19,23). The van der Waals surface area contributed by atoms with Gasteiger partial charge in [-0.25, -0.2) is 4.79 Å². The van der Waals surface area contributed by atoms with Crippen molar-refractivity contribution in [3.63, 3.8) is 0 Å².